The summed E-state index contributed by atoms with van der Waals surface area (Å²) in [5.74, 6) is -1.21. The predicted octanol–water partition coefficient (Wildman–Crippen LogP) is 1.08. The van der Waals surface area contributed by atoms with Crippen LogP contribution in [0.15, 0.2) is 48.8 Å². The van der Waals surface area contributed by atoms with E-state index in [9.17, 15) is 14.0 Å². The first-order chi connectivity index (χ1) is 14.4. The molecule has 1 fully saturated rings. The van der Waals surface area contributed by atoms with Gasteiger partial charge in [-0.1, -0.05) is 12.1 Å². The van der Waals surface area contributed by atoms with Crippen LogP contribution in [-0.2, 0) is 9.53 Å². The Morgan fingerprint density at radius 2 is 2.07 bits per heavy atom. The second-order valence-electron chi connectivity index (χ2n) is 7.22. The number of nitrogens with two attached hydrogens (primary N) is 1. The molecule has 30 heavy (non-hydrogen) atoms. The molecule has 0 spiro atoms. The van der Waals surface area contributed by atoms with E-state index in [0.29, 0.717) is 36.5 Å². The molecule has 1 aromatic carbocycles. The first-order valence-electron chi connectivity index (χ1n) is 9.54. The van der Waals surface area contributed by atoms with Gasteiger partial charge in [-0.25, -0.2) is 4.39 Å². The molecule has 1 aromatic heterocycles. The molecule has 2 aliphatic heterocycles. The number of ether oxygens (including phenoxy) is 1. The van der Waals surface area contributed by atoms with Gasteiger partial charge in [0.1, 0.15) is 0 Å². The second kappa shape index (κ2) is 8.21. The van der Waals surface area contributed by atoms with Crippen molar-refractivity contribution in [3.8, 4) is 0 Å². The quantitative estimate of drug-likeness (QED) is 0.781. The summed E-state index contributed by atoms with van der Waals surface area (Å²) < 4.78 is 20.1. The van der Waals surface area contributed by atoms with Gasteiger partial charge in [-0.2, -0.15) is 0 Å². The minimum absolute atomic E-state index is 0.223. The molecule has 9 heteroatoms. The molecule has 3 heterocycles. The summed E-state index contributed by atoms with van der Waals surface area (Å²) in [5.41, 5.74) is 7.35. The van der Waals surface area contributed by atoms with Crippen molar-refractivity contribution in [1.82, 2.24) is 20.1 Å². The van der Waals surface area contributed by atoms with Crippen molar-refractivity contribution in [1.29, 1.82) is 0 Å². The van der Waals surface area contributed by atoms with Gasteiger partial charge in [0, 0.05) is 43.5 Å². The van der Waals surface area contributed by atoms with Crippen molar-refractivity contribution in [2.45, 2.75) is 12.4 Å². The monoisotopic (exact) mass is 411 g/mol. The number of aromatic nitrogens is 1. The molecule has 2 atom stereocenters. The molecule has 2 aliphatic rings. The Balaban J connectivity index is 1.54. The topological polar surface area (TPSA) is 101 Å². The number of likely N-dealkylation sites (N-methyl/N-ethyl adjacent to an activating group) is 1. The lowest BCUT2D eigenvalue weighted by Gasteiger charge is -2.44. The van der Waals surface area contributed by atoms with E-state index in [4.69, 9.17) is 10.5 Å². The number of carbonyl (C=O) groups is 2. The number of carbonyl (C=O) groups excluding carboxylic acids is 2. The molecular formula is C21H22FN5O3. The van der Waals surface area contributed by atoms with Crippen LogP contribution in [0, 0.1) is 5.82 Å². The van der Waals surface area contributed by atoms with Gasteiger partial charge in [-0.15, -0.1) is 0 Å². The van der Waals surface area contributed by atoms with Crippen molar-refractivity contribution in [2.24, 2.45) is 5.73 Å². The third-order valence-corrected chi connectivity index (χ3v) is 5.34. The third-order valence-electron chi connectivity index (χ3n) is 5.34. The highest BCUT2D eigenvalue weighted by Crippen LogP contribution is 2.27. The smallest absolute Gasteiger partial charge is 0.251 e. The lowest BCUT2D eigenvalue weighted by atomic mass is 10.0. The predicted molar refractivity (Wildman–Crippen MR) is 107 cm³/mol. The number of nitrogens with one attached hydrogen (secondary N) is 1. The number of pyridine rings is 1. The van der Waals surface area contributed by atoms with Crippen molar-refractivity contribution < 1.29 is 18.7 Å². The Hall–Kier alpha value is -3.30. The maximum atomic E-state index is 14.2. The van der Waals surface area contributed by atoms with E-state index in [0.717, 1.165) is 11.8 Å². The summed E-state index contributed by atoms with van der Waals surface area (Å²) in [5, 5.41) is 3.26. The van der Waals surface area contributed by atoms with Crippen molar-refractivity contribution in [3.05, 3.63) is 71.3 Å². The zero-order valence-electron chi connectivity index (χ0n) is 16.4. The summed E-state index contributed by atoms with van der Waals surface area (Å²) >= 11 is 0. The molecule has 4 rings (SSSR count). The Morgan fingerprint density at radius 3 is 2.77 bits per heavy atom. The number of benzene rings is 1. The zero-order chi connectivity index (χ0) is 21.3. The largest absolute Gasteiger partial charge is 0.371 e. The van der Waals surface area contributed by atoms with Crippen LogP contribution in [-0.4, -0.2) is 59.6 Å². The first-order valence-corrected chi connectivity index (χ1v) is 9.54. The van der Waals surface area contributed by atoms with Crippen LogP contribution in [0.3, 0.4) is 0 Å². The van der Waals surface area contributed by atoms with Gasteiger partial charge in [0.15, 0.2) is 12.1 Å². The maximum absolute atomic E-state index is 14.2. The number of primary amides is 1. The van der Waals surface area contributed by atoms with Gasteiger partial charge in [-0.3, -0.25) is 19.5 Å². The standard InChI is InChI=1S/C21H22FN5O3/c1-26-19(28)10-17(15-6-7-24-11-16(15)22)25-21(26)27-8-9-30-18(12-27)13-2-4-14(5-3-13)20(23)29/h2-7,10-11,18,21,25H,8-9,12H2,1H3,(H2,23,29)/t18-,21?/m1/s1. The van der Waals surface area contributed by atoms with Gasteiger partial charge < -0.3 is 20.7 Å². The maximum Gasteiger partial charge on any atom is 0.251 e. The minimum Gasteiger partial charge on any atom is -0.371 e. The number of hydrogen-bond donors (Lipinski definition) is 2. The van der Waals surface area contributed by atoms with Crippen LogP contribution in [0.4, 0.5) is 4.39 Å². The molecule has 0 saturated carbocycles. The molecule has 1 saturated heterocycles. The lowest BCUT2D eigenvalue weighted by Crippen LogP contribution is -2.61. The van der Waals surface area contributed by atoms with Crippen LogP contribution in [0.2, 0.25) is 0 Å². The highest BCUT2D eigenvalue weighted by molar-refractivity contribution is 5.96. The number of amides is 2. The fourth-order valence-electron chi connectivity index (χ4n) is 3.66. The molecule has 0 radical (unpaired) electrons. The SMILES string of the molecule is CN1C(=O)C=C(c2ccncc2F)NC1N1CCO[C@@H](c2ccc(C(N)=O)cc2)C1. The molecule has 156 valence electrons. The van der Waals surface area contributed by atoms with E-state index in [2.05, 4.69) is 15.2 Å². The van der Waals surface area contributed by atoms with Crippen LogP contribution < -0.4 is 11.1 Å². The fourth-order valence-corrected chi connectivity index (χ4v) is 3.66. The van der Waals surface area contributed by atoms with E-state index in [-0.39, 0.29) is 12.0 Å². The number of nitrogens with zero attached hydrogens (tertiary/aromatic N) is 3. The number of morpholine rings is 1. The van der Waals surface area contributed by atoms with Gasteiger partial charge in [0.05, 0.1) is 24.6 Å². The summed E-state index contributed by atoms with van der Waals surface area (Å²) in [7, 11) is 1.70. The number of rotatable bonds is 4. The molecule has 2 aromatic rings. The molecule has 1 unspecified atom stereocenters. The molecule has 2 amide bonds. The molecule has 8 nitrogen and oxygen atoms in total. The second-order valence-corrected chi connectivity index (χ2v) is 7.22. The van der Waals surface area contributed by atoms with Crippen LogP contribution in [0.1, 0.15) is 27.6 Å². The Morgan fingerprint density at radius 1 is 1.30 bits per heavy atom. The third kappa shape index (κ3) is 3.89. The molecule has 0 bridgehead atoms. The lowest BCUT2D eigenvalue weighted by molar-refractivity contribution is -0.137. The Bertz CT molecular complexity index is 994. The van der Waals surface area contributed by atoms with E-state index in [1.807, 2.05) is 12.1 Å². The van der Waals surface area contributed by atoms with Crippen molar-refractivity contribution >= 4 is 17.5 Å². The number of hydrogen-bond acceptors (Lipinski definition) is 6. The van der Waals surface area contributed by atoms with E-state index in [1.165, 1.54) is 18.3 Å². The molecule has 0 aliphatic carbocycles. The average molecular weight is 411 g/mol. The highest BCUT2D eigenvalue weighted by atomic mass is 19.1. The molecule has 3 N–H and O–H groups in total. The van der Waals surface area contributed by atoms with Gasteiger partial charge in [-0.05, 0) is 23.8 Å². The normalized spacial score (nSPS) is 22.4. The van der Waals surface area contributed by atoms with E-state index in [1.54, 1.807) is 24.1 Å². The summed E-state index contributed by atoms with van der Waals surface area (Å²) in [6, 6.07) is 8.50. The summed E-state index contributed by atoms with van der Waals surface area (Å²) in [6.45, 7) is 1.57. The highest BCUT2D eigenvalue weighted by Gasteiger charge is 2.34. The van der Waals surface area contributed by atoms with Crippen LogP contribution in [0.25, 0.3) is 5.70 Å². The van der Waals surface area contributed by atoms with Crippen molar-refractivity contribution in [2.75, 3.05) is 26.7 Å². The Labute approximate surface area is 173 Å². The first kappa shape index (κ1) is 20.0. The van der Waals surface area contributed by atoms with Crippen molar-refractivity contribution in [3.63, 3.8) is 0 Å². The van der Waals surface area contributed by atoms with Crippen LogP contribution >= 0.6 is 0 Å². The summed E-state index contributed by atoms with van der Waals surface area (Å²) in [6.07, 6.45) is 3.30. The van der Waals surface area contributed by atoms with E-state index < -0.39 is 18.0 Å². The van der Waals surface area contributed by atoms with E-state index >= 15 is 0 Å². The Kier molecular flexibility index (Phi) is 5.47. The van der Waals surface area contributed by atoms with Gasteiger partial charge >= 0.3 is 0 Å². The fraction of sp³-hybridized carbons (Fsp3) is 0.286. The van der Waals surface area contributed by atoms with Gasteiger partial charge in [0.25, 0.3) is 5.91 Å². The zero-order valence-corrected chi connectivity index (χ0v) is 16.4. The summed E-state index contributed by atoms with van der Waals surface area (Å²) in [4.78, 5) is 31.3. The number of halogens is 1. The minimum atomic E-state index is -0.498. The van der Waals surface area contributed by atoms with Crippen LogP contribution in [0.5, 0.6) is 0 Å². The van der Waals surface area contributed by atoms with Gasteiger partial charge in [0.2, 0.25) is 5.91 Å². The molecular weight excluding hydrogens is 389 g/mol. The average Bonchev–Trinajstić information content (AvgIpc) is 2.76.